The van der Waals surface area contributed by atoms with Gasteiger partial charge in [0.25, 0.3) is 0 Å². The second kappa shape index (κ2) is 8.09. The largest absolute Gasteiger partial charge is 0.385 e. The van der Waals surface area contributed by atoms with Crippen molar-refractivity contribution in [2.75, 3.05) is 46.5 Å². The van der Waals surface area contributed by atoms with Gasteiger partial charge in [0.15, 0.2) is 0 Å². The second-order valence-electron chi connectivity index (χ2n) is 8.21. The maximum absolute atomic E-state index is 10.4. The summed E-state index contributed by atoms with van der Waals surface area (Å²) in [6.45, 7) is 11.8. The van der Waals surface area contributed by atoms with Crippen LogP contribution in [-0.2, 0) is 9.47 Å². The molecular formula is C18H36NO3+. The molecule has 0 spiro atoms. The van der Waals surface area contributed by atoms with E-state index in [9.17, 15) is 5.11 Å². The Labute approximate surface area is 136 Å². The summed E-state index contributed by atoms with van der Waals surface area (Å²) in [6.07, 6.45) is 3.70. The summed E-state index contributed by atoms with van der Waals surface area (Å²) in [4.78, 5) is 0. The van der Waals surface area contributed by atoms with Gasteiger partial charge in [0.1, 0.15) is 25.7 Å². The van der Waals surface area contributed by atoms with Crippen molar-refractivity contribution < 1.29 is 19.1 Å². The summed E-state index contributed by atoms with van der Waals surface area (Å²) < 4.78 is 12.5. The molecule has 4 atom stereocenters. The van der Waals surface area contributed by atoms with Crippen LogP contribution in [-0.4, -0.2) is 68.3 Å². The lowest BCUT2D eigenvalue weighted by atomic mass is 9.75. The van der Waals surface area contributed by atoms with E-state index in [0.717, 1.165) is 49.7 Å². The first-order valence-corrected chi connectivity index (χ1v) is 9.10. The van der Waals surface area contributed by atoms with Crippen molar-refractivity contribution in [3.05, 3.63) is 0 Å². The number of hydrogen-bond acceptors (Lipinski definition) is 3. The van der Waals surface area contributed by atoms with Crippen LogP contribution < -0.4 is 0 Å². The SMILES string of the molecule is CC(C)[C@H]1CC[C@@H](C)C[C@H]1OC[C@H](O)C[N+]1(C)CCOCC1. The van der Waals surface area contributed by atoms with Gasteiger partial charge in [-0.2, -0.15) is 0 Å². The molecule has 1 heterocycles. The normalized spacial score (nSPS) is 33.8. The maximum Gasteiger partial charge on any atom is 0.126 e. The van der Waals surface area contributed by atoms with Gasteiger partial charge < -0.3 is 19.1 Å². The second-order valence-corrected chi connectivity index (χ2v) is 8.21. The van der Waals surface area contributed by atoms with Crippen LogP contribution in [0, 0.1) is 17.8 Å². The Morgan fingerprint density at radius 2 is 1.91 bits per heavy atom. The fraction of sp³-hybridized carbons (Fsp3) is 1.00. The number of hydrogen-bond donors (Lipinski definition) is 1. The van der Waals surface area contributed by atoms with Crippen LogP contribution in [0.3, 0.4) is 0 Å². The monoisotopic (exact) mass is 314 g/mol. The third-order valence-electron chi connectivity index (χ3n) is 5.67. The maximum atomic E-state index is 10.4. The fourth-order valence-corrected chi connectivity index (χ4v) is 4.07. The Kier molecular flexibility index (Phi) is 6.69. The minimum absolute atomic E-state index is 0.327. The zero-order chi connectivity index (χ0) is 16.2. The summed E-state index contributed by atoms with van der Waals surface area (Å²) in [5, 5.41) is 10.4. The van der Waals surface area contributed by atoms with Crippen molar-refractivity contribution in [3.8, 4) is 0 Å². The lowest BCUT2D eigenvalue weighted by Gasteiger charge is -2.40. The topological polar surface area (TPSA) is 38.7 Å². The first-order chi connectivity index (χ1) is 10.4. The smallest absolute Gasteiger partial charge is 0.126 e. The van der Waals surface area contributed by atoms with E-state index >= 15 is 0 Å². The molecule has 4 heteroatoms. The summed E-state index contributed by atoms with van der Waals surface area (Å²) in [5.41, 5.74) is 0. The summed E-state index contributed by atoms with van der Waals surface area (Å²) in [7, 11) is 2.21. The van der Waals surface area contributed by atoms with Gasteiger partial charge in [-0.1, -0.05) is 27.2 Å². The Hall–Kier alpha value is -0.160. The molecule has 130 valence electrons. The quantitative estimate of drug-likeness (QED) is 0.765. The average molecular weight is 314 g/mol. The lowest BCUT2D eigenvalue weighted by Crippen LogP contribution is -2.56. The zero-order valence-corrected chi connectivity index (χ0v) is 15.0. The highest BCUT2D eigenvalue weighted by Crippen LogP contribution is 2.35. The Bertz CT molecular complexity index is 328. The third kappa shape index (κ3) is 5.19. The van der Waals surface area contributed by atoms with Crippen molar-refractivity contribution in [3.63, 3.8) is 0 Å². The molecule has 1 N–H and O–H groups in total. The number of rotatable bonds is 6. The predicted octanol–water partition coefficient (Wildman–Crippen LogP) is 2.30. The molecule has 0 radical (unpaired) electrons. The molecule has 2 rings (SSSR count). The predicted molar refractivity (Wildman–Crippen MR) is 88.7 cm³/mol. The fourth-order valence-electron chi connectivity index (χ4n) is 4.07. The summed E-state index contributed by atoms with van der Waals surface area (Å²) in [6, 6.07) is 0. The van der Waals surface area contributed by atoms with Gasteiger partial charge in [-0.3, -0.25) is 0 Å². The molecule has 0 aromatic carbocycles. The number of morpholine rings is 1. The molecule has 22 heavy (non-hydrogen) atoms. The first kappa shape index (κ1) is 18.2. The van der Waals surface area contributed by atoms with Crippen molar-refractivity contribution >= 4 is 0 Å². The molecule has 0 unspecified atom stereocenters. The van der Waals surface area contributed by atoms with Gasteiger partial charge in [-0.15, -0.1) is 0 Å². The van der Waals surface area contributed by atoms with E-state index in [1.165, 1.54) is 12.8 Å². The molecule has 1 aliphatic heterocycles. The van der Waals surface area contributed by atoms with Crippen LogP contribution in [0.1, 0.15) is 40.0 Å². The highest BCUT2D eigenvalue weighted by atomic mass is 16.5. The standard InChI is InChI=1S/C18H36NO3/c1-14(2)17-6-5-15(3)11-18(17)22-13-16(20)12-19(4)7-9-21-10-8-19/h14-18,20H,5-13H2,1-4H3/q+1/t15-,16-,17-,18-/m1/s1. The summed E-state index contributed by atoms with van der Waals surface area (Å²) in [5.74, 6) is 2.07. The molecule has 2 aliphatic rings. The van der Waals surface area contributed by atoms with Crippen molar-refractivity contribution in [2.24, 2.45) is 17.8 Å². The molecule has 2 fully saturated rings. The van der Waals surface area contributed by atoms with Crippen molar-refractivity contribution in [1.29, 1.82) is 0 Å². The van der Waals surface area contributed by atoms with Gasteiger partial charge in [-0.05, 0) is 30.6 Å². The summed E-state index contributed by atoms with van der Waals surface area (Å²) >= 11 is 0. The van der Waals surface area contributed by atoms with E-state index in [4.69, 9.17) is 9.47 Å². The number of aliphatic hydroxyl groups excluding tert-OH is 1. The molecule has 1 saturated carbocycles. The molecule has 0 aromatic rings. The Morgan fingerprint density at radius 1 is 1.23 bits per heavy atom. The van der Waals surface area contributed by atoms with Gasteiger partial charge >= 0.3 is 0 Å². The van der Waals surface area contributed by atoms with Crippen LogP contribution >= 0.6 is 0 Å². The Morgan fingerprint density at radius 3 is 2.55 bits per heavy atom. The number of aliphatic hydroxyl groups is 1. The average Bonchev–Trinajstić information content (AvgIpc) is 2.45. The van der Waals surface area contributed by atoms with E-state index in [1.807, 2.05) is 0 Å². The number of nitrogens with zero attached hydrogens (tertiary/aromatic N) is 1. The van der Waals surface area contributed by atoms with E-state index < -0.39 is 0 Å². The minimum Gasteiger partial charge on any atom is -0.385 e. The van der Waals surface area contributed by atoms with E-state index in [2.05, 4.69) is 27.8 Å². The first-order valence-electron chi connectivity index (χ1n) is 9.10. The molecule has 0 bridgehead atoms. The van der Waals surface area contributed by atoms with Gasteiger partial charge in [-0.25, -0.2) is 0 Å². The van der Waals surface area contributed by atoms with Crippen LogP contribution in [0.15, 0.2) is 0 Å². The molecule has 0 aromatic heterocycles. The van der Waals surface area contributed by atoms with E-state index in [0.29, 0.717) is 24.5 Å². The van der Waals surface area contributed by atoms with Crippen LogP contribution in [0.5, 0.6) is 0 Å². The van der Waals surface area contributed by atoms with Crippen LogP contribution in [0.2, 0.25) is 0 Å². The molecular weight excluding hydrogens is 278 g/mol. The third-order valence-corrected chi connectivity index (χ3v) is 5.67. The number of likely N-dealkylation sites (N-methyl/N-ethyl adjacent to an activating group) is 1. The zero-order valence-electron chi connectivity index (χ0n) is 15.0. The highest BCUT2D eigenvalue weighted by molar-refractivity contribution is 4.81. The molecule has 0 amide bonds. The van der Waals surface area contributed by atoms with Gasteiger partial charge in [0.05, 0.1) is 33.0 Å². The van der Waals surface area contributed by atoms with Gasteiger partial charge in [0.2, 0.25) is 0 Å². The minimum atomic E-state index is -0.367. The number of quaternary nitrogens is 1. The van der Waals surface area contributed by atoms with Gasteiger partial charge in [0, 0.05) is 0 Å². The van der Waals surface area contributed by atoms with E-state index in [-0.39, 0.29) is 6.10 Å². The van der Waals surface area contributed by atoms with Crippen molar-refractivity contribution in [2.45, 2.75) is 52.2 Å². The van der Waals surface area contributed by atoms with Crippen molar-refractivity contribution in [1.82, 2.24) is 0 Å². The highest BCUT2D eigenvalue weighted by Gasteiger charge is 2.33. The molecule has 1 saturated heterocycles. The number of ether oxygens (including phenoxy) is 2. The van der Waals surface area contributed by atoms with Crippen LogP contribution in [0.4, 0.5) is 0 Å². The Balaban J connectivity index is 1.79. The molecule has 1 aliphatic carbocycles. The lowest BCUT2D eigenvalue weighted by molar-refractivity contribution is -0.919. The van der Waals surface area contributed by atoms with E-state index in [1.54, 1.807) is 0 Å². The molecule has 4 nitrogen and oxygen atoms in total. The van der Waals surface area contributed by atoms with Crippen LogP contribution in [0.25, 0.3) is 0 Å².